The number of amides is 3. The molecule has 3 heterocycles. The van der Waals surface area contributed by atoms with Crippen LogP contribution in [0.5, 0.6) is 0 Å². The van der Waals surface area contributed by atoms with E-state index in [-0.39, 0.29) is 11.9 Å². The van der Waals surface area contributed by atoms with Crippen LogP contribution in [0.3, 0.4) is 0 Å². The van der Waals surface area contributed by atoms with E-state index in [4.69, 9.17) is 0 Å². The molecule has 2 aliphatic heterocycles. The van der Waals surface area contributed by atoms with E-state index < -0.39 is 0 Å². The lowest BCUT2D eigenvalue weighted by molar-refractivity contribution is -0.117. The van der Waals surface area contributed by atoms with E-state index in [1.165, 1.54) is 10.4 Å². The summed E-state index contributed by atoms with van der Waals surface area (Å²) in [7, 11) is 0. The standard InChI is InChI=1S/C19H21N3O2S/c23-18-2-1-9-22(18)16-5-3-14(4-6-16)12-20-19(24)21-10-7-17-15(13-21)8-11-25-17/h3-6,8,11H,1-2,7,9-10,12-13H2,(H,20,24). The smallest absolute Gasteiger partial charge is 0.317 e. The average molecular weight is 355 g/mol. The molecular formula is C19H21N3O2S. The van der Waals surface area contributed by atoms with Gasteiger partial charge in [-0.1, -0.05) is 12.1 Å². The Morgan fingerprint density at radius 3 is 2.72 bits per heavy atom. The summed E-state index contributed by atoms with van der Waals surface area (Å²) in [5, 5.41) is 5.10. The summed E-state index contributed by atoms with van der Waals surface area (Å²) >= 11 is 1.77. The summed E-state index contributed by atoms with van der Waals surface area (Å²) < 4.78 is 0. The average Bonchev–Trinajstić information content (AvgIpc) is 3.28. The molecular weight excluding hydrogens is 334 g/mol. The molecule has 130 valence electrons. The maximum Gasteiger partial charge on any atom is 0.317 e. The van der Waals surface area contributed by atoms with Crippen molar-refractivity contribution in [1.29, 1.82) is 0 Å². The van der Waals surface area contributed by atoms with Crippen LogP contribution in [-0.4, -0.2) is 29.9 Å². The number of hydrogen-bond donors (Lipinski definition) is 1. The Hall–Kier alpha value is -2.34. The lowest BCUT2D eigenvalue weighted by atomic mass is 10.1. The van der Waals surface area contributed by atoms with Crippen molar-refractivity contribution < 1.29 is 9.59 Å². The van der Waals surface area contributed by atoms with Gasteiger partial charge in [-0.05, 0) is 47.5 Å². The highest BCUT2D eigenvalue weighted by atomic mass is 32.1. The molecule has 0 unspecified atom stereocenters. The van der Waals surface area contributed by atoms with Gasteiger partial charge in [-0.3, -0.25) is 4.79 Å². The highest BCUT2D eigenvalue weighted by molar-refractivity contribution is 7.10. The Balaban J connectivity index is 1.32. The van der Waals surface area contributed by atoms with Crippen LogP contribution in [0.4, 0.5) is 10.5 Å². The summed E-state index contributed by atoms with van der Waals surface area (Å²) in [5.41, 5.74) is 3.25. The molecule has 25 heavy (non-hydrogen) atoms. The fraction of sp³-hybridized carbons (Fsp3) is 0.368. The van der Waals surface area contributed by atoms with E-state index in [9.17, 15) is 9.59 Å². The predicted octanol–water partition coefficient (Wildman–Crippen LogP) is 3.14. The summed E-state index contributed by atoms with van der Waals surface area (Å²) in [5.74, 6) is 0.193. The number of carbonyl (C=O) groups is 2. The largest absolute Gasteiger partial charge is 0.334 e. The van der Waals surface area contributed by atoms with Gasteiger partial charge in [-0.2, -0.15) is 0 Å². The number of thiophene rings is 1. The highest BCUT2D eigenvalue weighted by Crippen LogP contribution is 2.24. The van der Waals surface area contributed by atoms with Gasteiger partial charge in [0.15, 0.2) is 0 Å². The van der Waals surface area contributed by atoms with Crippen LogP contribution < -0.4 is 10.2 Å². The molecule has 3 amide bonds. The SMILES string of the molecule is O=C(NCc1ccc(N2CCCC2=O)cc1)N1CCc2sccc2C1. The maximum atomic E-state index is 12.4. The van der Waals surface area contributed by atoms with Gasteiger partial charge < -0.3 is 15.1 Å². The minimum atomic E-state index is -0.0179. The highest BCUT2D eigenvalue weighted by Gasteiger charge is 2.22. The first kappa shape index (κ1) is 16.1. The van der Waals surface area contributed by atoms with E-state index in [0.717, 1.165) is 37.2 Å². The number of carbonyl (C=O) groups excluding carboxylic acids is 2. The molecule has 0 saturated carbocycles. The molecule has 1 fully saturated rings. The lowest BCUT2D eigenvalue weighted by Crippen LogP contribution is -2.42. The molecule has 1 saturated heterocycles. The molecule has 2 aromatic rings. The van der Waals surface area contributed by atoms with Crippen LogP contribution in [-0.2, 0) is 24.3 Å². The van der Waals surface area contributed by atoms with E-state index in [1.54, 1.807) is 11.3 Å². The first-order valence-electron chi connectivity index (χ1n) is 8.68. The Morgan fingerprint density at radius 1 is 1.12 bits per heavy atom. The number of rotatable bonds is 3. The molecule has 0 atom stereocenters. The fourth-order valence-electron chi connectivity index (χ4n) is 3.43. The van der Waals surface area contributed by atoms with Gasteiger partial charge in [-0.25, -0.2) is 4.79 Å². The number of benzene rings is 1. The Bertz CT molecular complexity index is 784. The molecule has 1 aromatic carbocycles. The molecule has 1 N–H and O–H groups in total. The van der Waals surface area contributed by atoms with Gasteiger partial charge in [-0.15, -0.1) is 11.3 Å². The number of anilines is 1. The van der Waals surface area contributed by atoms with E-state index in [1.807, 2.05) is 34.1 Å². The monoisotopic (exact) mass is 355 g/mol. The van der Waals surface area contributed by atoms with Gasteiger partial charge in [0.2, 0.25) is 5.91 Å². The van der Waals surface area contributed by atoms with Crippen molar-refractivity contribution >= 4 is 29.0 Å². The van der Waals surface area contributed by atoms with Crippen molar-refractivity contribution in [3.05, 3.63) is 51.7 Å². The van der Waals surface area contributed by atoms with E-state index in [2.05, 4.69) is 16.8 Å². The Labute approximate surface area is 151 Å². The normalized spacial score (nSPS) is 16.9. The second-order valence-corrected chi connectivity index (χ2v) is 7.52. The van der Waals surface area contributed by atoms with Crippen LogP contribution in [0.15, 0.2) is 35.7 Å². The third-order valence-electron chi connectivity index (χ3n) is 4.86. The minimum absolute atomic E-state index is 0.0179. The van der Waals surface area contributed by atoms with E-state index in [0.29, 0.717) is 19.5 Å². The predicted molar refractivity (Wildman–Crippen MR) is 98.7 cm³/mol. The van der Waals surface area contributed by atoms with Crippen molar-refractivity contribution in [2.45, 2.75) is 32.4 Å². The lowest BCUT2D eigenvalue weighted by Gasteiger charge is -2.27. The second-order valence-electron chi connectivity index (χ2n) is 6.51. The van der Waals surface area contributed by atoms with Crippen LogP contribution in [0.1, 0.15) is 28.8 Å². The molecule has 0 spiro atoms. The van der Waals surface area contributed by atoms with Crippen LogP contribution in [0.2, 0.25) is 0 Å². The van der Waals surface area contributed by atoms with Crippen molar-refractivity contribution in [3.8, 4) is 0 Å². The molecule has 4 rings (SSSR count). The van der Waals surface area contributed by atoms with Crippen LogP contribution in [0.25, 0.3) is 0 Å². The molecule has 0 radical (unpaired) electrons. The van der Waals surface area contributed by atoms with Gasteiger partial charge >= 0.3 is 6.03 Å². The third-order valence-corrected chi connectivity index (χ3v) is 5.88. The number of hydrogen-bond acceptors (Lipinski definition) is 3. The van der Waals surface area contributed by atoms with Crippen LogP contribution >= 0.6 is 11.3 Å². The maximum absolute atomic E-state index is 12.4. The summed E-state index contributed by atoms with van der Waals surface area (Å²) in [6.45, 7) is 2.77. The minimum Gasteiger partial charge on any atom is -0.334 e. The molecule has 5 nitrogen and oxygen atoms in total. The van der Waals surface area contributed by atoms with E-state index >= 15 is 0 Å². The number of nitrogens with one attached hydrogen (secondary N) is 1. The van der Waals surface area contributed by atoms with Crippen molar-refractivity contribution in [1.82, 2.24) is 10.2 Å². The van der Waals surface area contributed by atoms with Gasteiger partial charge in [0, 0.05) is 43.2 Å². The van der Waals surface area contributed by atoms with Crippen LogP contribution in [0, 0.1) is 0 Å². The molecule has 2 aliphatic rings. The summed E-state index contributed by atoms with van der Waals surface area (Å²) in [4.78, 5) is 29.3. The zero-order chi connectivity index (χ0) is 17.2. The Kier molecular flexibility index (Phi) is 4.44. The zero-order valence-corrected chi connectivity index (χ0v) is 14.8. The second kappa shape index (κ2) is 6.88. The topological polar surface area (TPSA) is 52.7 Å². The number of fused-ring (bicyclic) bond motifs is 1. The summed E-state index contributed by atoms with van der Waals surface area (Å²) in [6, 6.07) is 9.98. The molecule has 0 aliphatic carbocycles. The molecule has 0 bridgehead atoms. The van der Waals surface area contributed by atoms with Gasteiger partial charge in [0.05, 0.1) is 0 Å². The quantitative estimate of drug-likeness (QED) is 0.920. The summed E-state index contributed by atoms with van der Waals surface area (Å²) in [6.07, 6.45) is 2.51. The number of nitrogens with zero attached hydrogens (tertiary/aromatic N) is 2. The molecule has 6 heteroatoms. The molecule has 1 aromatic heterocycles. The van der Waals surface area contributed by atoms with Crippen molar-refractivity contribution in [3.63, 3.8) is 0 Å². The third kappa shape index (κ3) is 3.39. The number of urea groups is 1. The van der Waals surface area contributed by atoms with Gasteiger partial charge in [0.25, 0.3) is 0 Å². The first-order valence-corrected chi connectivity index (χ1v) is 9.56. The van der Waals surface area contributed by atoms with Crippen molar-refractivity contribution in [2.24, 2.45) is 0 Å². The van der Waals surface area contributed by atoms with Gasteiger partial charge in [0.1, 0.15) is 0 Å². The first-order chi connectivity index (χ1) is 12.2. The van der Waals surface area contributed by atoms with Crippen molar-refractivity contribution in [2.75, 3.05) is 18.0 Å². The Morgan fingerprint density at radius 2 is 1.96 bits per heavy atom. The fourth-order valence-corrected chi connectivity index (χ4v) is 4.32. The zero-order valence-electron chi connectivity index (χ0n) is 14.0.